The third kappa shape index (κ3) is 3.84. The second-order valence-corrected chi connectivity index (χ2v) is 6.41. The molecule has 2 aromatic heterocycles. The second kappa shape index (κ2) is 7.85. The maximum absolute atomic E-state index is 5.78. The summed E-state index contributed by atoms with van der Waals surface area (Å²) in [5, 5.41) is 4.12. The van der Waals surface area contributed by atoms with Gasteiger partial charge in [0.05, 0.1) is 0 Å². The van der Waals surface area contributed by atoms with Crippen molar-refractivity contribution in [3.8, 4) is 17.1 Å². The third-order valence-corrected chi connectivity index (χ3v) is 4.75. The molecule has 140 valence electrons. The lowest BCUT2D eigenvalue weighted by Crippen LogP contribution is -2.35. The zero-order valence-electron chi connectivity index (χ0n) is 15.1. The molecule has 0 unspecified atom stereocenters. The van der Waals surface area contributed by atoms with Gasteiger partial charge in [-0.05, 0) is 30.3 Å². The van der Waals surface area contributed by atoms with Gasteiger partial charge in [-0.3, -0.25) is 4.98 Å². The molecule has 7 heteroatoms. The van der Waals surface area contributed by atoms with Gasteiger partial charge < -0.3 is 18.7 Å². The molecule has 3 heterocycles. The molecule has 3 aromatic rings. The minimum atomic E-state index is -0.559. The molecule has 0 radical (unpaired) electrons. The maximum Gasteiger partial charge on any atom is 0.259 e. The van der Waals surface area contributed by atoms with Crippen molar-refractivity contribution < 1.29 is 18.7 Å². The van der Waals surface area contributed by atoms with Crippen molar-refractivity contribution in [3.05, 3.63) is 60.2 Å². The van der Waals surface area contributed by atoms with Gasteiger partial charge in [0, 0.05) is 56.7 Å². The maximum atomic E-state index is 5.78. The summed E-state index contributed by atoms with van der Waals surface area (Å²) in [6, 6.07) is 11.5. The van der Waals surface area contributed by atoms with Crippen LogP contribution in [-0.4, -0.2) is 35.4 Å². The Kier molecular flexibility index (Phi) is 5.13. The van der Waals surface area contributed by atoms with Crippen LogP contribution in [-0.2, 0) is 21.7 Å². The van der Waals surface area contributed by atoms with E-state index >= 15 is 0 Å². The summed E-state index contributed by atoms with van der Waals surface area (Å²) in [6.07, 6.45) is 4.93. The van der Waals surface area contributed by atoms with Gasteiger partial charge in [-0.25, -0.2) is 0 Å². The van der Waals surface area contributed by atoms with E-state index < -0.39 is 5.60 Å². The average molecular weight is 367 g/mol. The van der Waals surface area contributed by atoms with Gasteiger partial charge >= 0.3 is 0 Å². The third-order valence-electron chi connectivity index (χ3n) is 4.75. The van der Waals surface area contributed by atoms with E-state index in [0.29, 0.717) is 44.4 Å². The van der Waals surface area contributed by atoms with E-state index in [1.807, 2.05) is 36.4 Å². The average Bonchev–Trinajstić information content (AvgIpc) is 3.25. The minimum absolute atomic E-state index is 0.470. The largest absolute Gasteiger partial charge is 0.489 e. The monoisotopic (exact) mass is 367 g/mol. The Morgan fingerprint density at radius 1 is 1.11 bits per heavy atom. The van der Waals surface area contributed by atoms with Crippen LogP contribution >= 0.6 is 0 Å². The molecule has 1 fully saturated rings. The lowest BCUT2D eigenvalue weighted by molar-refractivity contribution is -0.111. The first kappa shape index (κ1) is 17.6. The normalized spacial score (nSPS) is 16.2. The molecule has 0 saturated carbocycles. The fourth-order valence-electron chi connectivity index (χ4n) is 3.08. The van der Waals surface area contributed by atoms with Crippen molar-refractivity contribution in [2.75, 3.05) is 20.3 Å². The molecule has 0 bridgehead atoms. The summed E-state index contributed by atoms with van der Waals surface area (Å²) < 4.78 is 22.4. The topological polar surface area (TPSA) is 79.5 Å². The van der Waals surface area contributed by atoms with E-state index in [-0.39, 0.29) is 0 Å². The SMILES string of the molecule is COC1(c2nc(-c3ccc(OCc4cccnc4)cc3)no2)CCOCC1. The standard InChI is InChI=1S/C20H21N3O4/c1-24-20(8-11-25-12-9-20)19-22-18(23-27-19)16-4-6-17(7-5-16)26-14-15-3-2-10-21-13-15/h2-7,10,13H,8-9,11-12,14H2,1H3. The Bertz CT molecular complexity index is 858. The lowest BCUT2D eigenvalue weighted by Gasteiger charge is -2.32. The van der Waals surface area contributed by atoms with Crippen LogP contribution < -0.4 is 4.74 Å². The van der Waals surface area contributed by atoms with Gasteiger partial charge in [-0.2, -0.15) is 4.98 Å². The molecule has 27 heavy (non-hydrogen) atoms. The van der Waals surface area contributed by atoms with Gasteiger partial charge in [-0.1, -0.05) is 11.2 Å². The van der Waals surface area contributed by atoms with Crippen LogP contribution in [0.1, 0.15) is 24.3 Å². The second-order valence-electron chi connectivity index (χ2n) is 6.41. The van der Waals surface area contributed by atoms with Gasteiger partial charge in [-0.15, -0.1) is 0 Å². The Morgan fingerprint density at radius 2 is 1.93 bits per heavy atom. The van der Waals surface area contributed by atoms with E-state index in [9.17, 15) is 0 Å². The highest BCUT2D eigenvalue weighted by molar-refractivity contribution is 5.55. The highest BCUT2D eigenvalue weighted by atomic mass is 16.5. The Balaban J connectivity index is 1.45. The molecule has 7 nitrogen and oxygen atoms in total. The zero-order valence-corrected chi connectivity index (χ0v) is 15.1. The molecule has 0 atom stereocenters. The Morgan fingerprint density at radius 3 is 2.63 bits per heavy atom. The number of nitrogens with zero attached hydrogens (tertiary/aromatic N) is 3. The minimum Gasteiger partial charge on any atom is -0.489 e. The van der Waals surface area contributed by atoms with E-state index in [1.165, 1.54) is 0 Å². The number of methoxy groups -OCH3 is 1. The van der Waals surface area contributed by atoms with Crippen molar-refractivity contribution in [3.63, 3.8) is 0 Å². The molecule has 0 N–H and O–H groups in total. The van der Waals surface area contributed by atoms with Crippen LogP contribution in [0.3, 0.4) is 0 Å². The summed E-state index contributed by atoms with van der Waals surface area (Å²) in [7, 11) is 1.67. The number of ether oxygens (including phenoxy) is 3. The van der Waals surface area contributed by atoms with E-state index in [1.54, 1.807) is 19.5 Å². The van der Waals surface area contributed by atoms with Gasteiger partial charge in [0.25, 0.3) is 5.89 Å². The highest BCUT2D eigenvalue weighted by Gasteiger charge is 2.40. The summed E-state index contributed by atoms with van der Waals surface area (Å²) in [6.45, 7) is 1.71. The predicted octanol–water partition coefficient (Wildman–Crippen LogP) is 3.36. The van der Waals surface area contributed by atoms with Crippen LogP contribution in [0.25, 0.3) is 11.4 Å². The van der Waals surface area contributed by atoms with Crippen molar-refractivity contribution in [1.82, 2.24) is 15.1 Å². The predicted molar refractivity (Wildman–Crippen MR) is 97.0 cm³/mol. The Hall–Kier alpha value is -2.77. The first-order valence-electron chi connectivity index (χ1n) is 8.88. The molecule has 1 saturated heterocycles. The van der Waals surface area contributed by atoms with Crippen molar-refractivity contribution in [2.45, 2.75) is 25.0 Å². The van der Waals surface area contributed by atoms with Crippen molar-refractivity contribution in [2.24, 2.45) is 0 Å². The number of hydrogen-bond donors (Lipinski definition) is 0. The van der Waals surface area contributed by atoms with Gasteiger partial charge in [0.2, 0.25) is 5.82 Å². The van der Waals surface area contributed by atoms with Gasteiger partial charge in [0.15, 0.2) is 5.60 Å². The molecular formula is C20H21N3O4. The van der Waals surface area contributed by atoms with E-state index in [2.05, 4.69) is 15.1 Å². The van der Waals surface area contributed by atoms with E-state index in [4.69, 9.17) is 18.7 Å². The number of pyridine rings is 1. The first-order chi connectivity index (χ1) is 13.3. The van der Waals surface area contributed by atoms with Crippen molar-refractivity contribution >= 4 is 0 Å². The zero-order chi connectivity index (χ0) is 18.5. The molecule has 0 spiro atoms. The molecule has 0 aliphatic carbocycles. The fourth-order valence-corrected chi connectivity index (χ4v) is 3.08. The lowest BCUT2D eigenvalue weighted by atomic mass is 9.94. The van der Waals surface area contributed by atoms with Crippen LogP contribution in [0, 0.1) is 0 Å². The van der Waals surface area contributed by atoms with Crippen LogP contribution in [0.15, 0.2) is 53.3 Å². The quantitative estimate of drug-likeness (QED) is 0.661. The van der Waals surface area contributed by atoms with E-state index in [0.717, 1.165) is 16.9 Å². The number of aromatic nitrogens is 3. The highest BCUT2D eigenvalue weighted by Crippen LogP contribution is 2.35. The molecule has 0 amide bonds. The van der Waals surface area contributed by atoms with Gasteiger partial charge in [0.1, 0.15) is 12.4 Å². The number of rotatable bonds is 6. The molecule has 1 aliphatic rings. The number of benzene rings is 1. The molecule has 1 aliphatic heterocycles. The summed E-state index contributed by atoms with van der Waals surface area (Å²) in [4.78, 5) is 8.64. The fraction of sp³-hybridized carbons (Fsp3) is 0.350. The molecule has 4 rings (SSSR count). The number of hydrogen-bond acceptors (Lipinski definition) is 7. The summed E-state index contributed by atoms with van der Waals surface area (Å²) >= 11 is 0. The van der Waals surface area contributed by atoms with Crippen LogP contribution in [0.2, 0.25) is 0 Å². The van der Waals surface area contributed by atoms with Crippen LogP contribution in [0.5, 0.6) is 5.75 Å². The smallest absolute Gasteiger partial charge is 0.259 e. The summed E-state index contributed by atoms with van der Waals surface area (Å²) in [5.74, 6) is 1.80. The molecular weight excluding hydrogens is 346 g/mol. The van der Waals surface area contributed by atoms with Crippen molar-refractivity contribution in [1.29, 1.82) is 0 Å². The van der Waals surface area contributed by atoms with Crippen LogP contribution in [0.4, 0.5) is 0 Å². The summed E-state index contributed by atoms with van der Waals surface area (Å²) in [5.41, 5.74) is 1.32. The molecule has 1 aromatic carbocycles. The Labute approximate surface area is 157 Å². The first-order valence-corrected chi connectivity index (χ1v) is 8.88.